The third-order valence-corrected chi connectivity index (χ3v) is 4.23. The van der Waals surface area contributed by atoms with Crippen LogP contribution in [0.25, 0.3) is 0 Å². The van der Waals surface area contributed by atoms with Gasteiger partial charge in [-0.2, -0.15) is 18.3 Å². The molecule has 2 N–H and O–H groups in total. The third-order valence-electron chi connectivity index (χ3n) is 4.23. The van der Waals surface area contributed by atoms with E-state index < -0.39 is 12.1 Å². The van der Waals surface area contributed by atoms with Crippen LogP contribution in [0.15, 0.2) is 36.7 Å². The van der Waals surface area contributed by atoms with E-state index in [1.165, 1.54) is 11.3 Å². The van der Waals surface area contributed by atoms with Crippen molar-refractivity contribution < 1.29 is 27.9 Å². The molecule has 28 heavy (non-hydrogen) atoms. The molecule has 0 unspecified atom stereocenters. The molecule has 2 aromatic rings. The molecule has 7 nitrogen and oxygen atoms in total. The molecule has 152 valence electrons. The summed E-state index contributed by atoms with van der Waals surface area (Å²) in [7, 11) is 0. The smallest absolute Gasteiger partial charge is 0.475 e. The molecule has 1 aliphatic rings. The summed E-state index contributed by atoms with van der Waals surface area (Å²) < 4.78 is 31.7. The monoisotopic (exact) mass is 398 g/mol. The van der Waals surface area contributed by atoms with Crippen LogP contribution in [0.2, 0.25) is 0 Å². The molecule has 1 aliphatic heterocycles. The van der Waals surface area contributed by atoms with E-state index in [9.17, 15) is 18.0 Å². The van der Waals surface area contributed by atoms with Crippen LogP contribution in [0.4, 0.5) is 18.9 Å². The molecule has 0 aliphatic carbocycles. The molecule has 10 heteroatoms. The normalized spacial score (nSPS) is 14.7. The van der Waals surface area contributed by atoms with E-state index in [1.807, 2.05) is 4.90 Å². The van der Waals surface area contributed by atoms with Crippen molar-refractivity contribution >= 4 is 17.6 Å². The van der Waals surface area contributed by atoms with Gasteiger partial charge >= 0.3 is 12.1 Å². The first-order valence-corrected chi connectivity index (χ1v) is 8.59. The van der Waals surface area contributed by atoms with Crippen molar-refractivity contribution in [1.29, 1.82) is 0 Å². The van der Waals surface area contributed by atoms with E-state index in [1.54, 1.807) is 12.4 Å². The van der Waals surface area contributed by atoms with E-state index in [0.717, 1.165) is 32.6 Å². The number of amides is 1. The number of nitrogens with one attached hydrogen (secondary N) is 1. The number of para-hydroxylation sites is 1. The number of benzene rings is 1. The Bertz CT molecular complexity index is 794. The maximum absolute atomic E-state index is 12.4. The summed E-state index contributed by atoms with van der Waals surface area (Å²) in [5, 5.41) is 13.7. The van der Waals surface area contributed by atoms with Gasteiger partial charge < -0.3 is 14.9 Å². The molecule has 1 fully saturated rings. The van der Waals surface area contributed by atoms with Gasteiger partial charge in [0, 0.05) is 38.1 Å². The highest BCUT2D eigenvalue weighted by Crippen LogP contribution is 2.21. The Kier molecular flexibility index (Phi) is 7.02. The van der Waals surface area contributed by atoms with Crippen molar-refractivity contribution in [2.75, 3.05) is 31.1 Å². The molecule has 0 spiro atoms. The number of carboxylic acids is 1. The van der Waals surface area contributed by atoms with Crippen LogP contribution in [0.5, 0.6) is 0 Å². The topological polar surface area (TPSA) is 89.5 Å². The minimum absolute atomic E-state index is 0.0652. The summed E-state index contributed by atoms with van der Waals surface area (Å²) in [4.78, 5) is 25.6. The first kappa shape index (κ1) is 21.3. The summed E-state index contributed by atoms with van der Waals surface area (Å²) in [5.41, 5.74) is 3.20. The van der Waals surface area contributed by atoms with E-state index in [-0.39, 0.29) is 5.91 Å². The lowest BCUT2D eigenvalue weighted by atomic mass is 10.2. The molecular formula is C18H21F3N4O3. The van der Waals surface area contributed by atoms with E-state index in [2.05, 4.69) is 46.3 Å². The van der Waals surface area contributed by atoms with Crippen LogP contribution < -0.4 is 4.90 Å². The van der Waals surface area contributed by atoms with Crippen LogP contribution in [0.3, 0.4) is 0 Å². The van der Waals surface area contributed by atoms with Gasteiger partial charge in [0.25, 0.3) is 5.91 Å². The lowest BCUT2D eigenvalue weighted by Gasteiger charge is -2.25. The second-order valence-corrected chi connectivity index (χ2v) is 6.21. The van der Waals surface area contributed by atoms with E-state index in [0.29, 0.717) is 5.56 Å². The number of carbonyl (C=O) groups is 2. The molecular weight excluding hydrogens is 377 g/mol. The van der Waals surface area contributed by atoms with Crippen molar-refractivity contribution in [2.45, 2.75) is 19.5 Å². The fourth-order valence-electron chi connectivity index (χ4n) is 2.83. The Labute approximate surface area is 159 Å². The van der Waals surface area contributed by atoms with Gasteiger partial charge in [0.05, 0.1) is 11.8 Å². The predicted octanol–water partition coefficient (Wildman–Crippen LogP) is 2.70. The average Bonchev–Trinajstić information content (AvgIpc) is 3.06. The number of alkyl halides is 3. The third kappa shape index (κ3) is 5.73. The zero-order valence-corrected chi connectivity index (χ0v) is 15.2. The summed E-state index contributed by atoms with van der Waals surface area (Å²) in [6.07, 6.45) is -0.851. The maximum atomic E-state index is 12.4. The van der Waals surface area contributed by atoms with Crippen molar-refractivity contribution in [3.05, 3.63) is 47.8 Å². The maximum Gasteiger partial charge on any atom is 0.490 e. The van der Waals surface area contributed by atoms with Crippen molar-refractivity contribution in [1.82, 2.24) is 15.1 Å². The fraction of sp³-hybridized carbons (Fsp3) is 0.389. The molecule has 0 bridgehead atoms. The fourth-order valence-corrected chi connectivity index (χ4v) is 2.83. The number of aromatic nitrogens is 2. The number of H-pyrrole nitrogens is 1. The van der Waals surface area contributed by atoms with Gasteiger partial charge in [-0.1, -0.05) is 18.2 Å². The number of carbonyl (C=O) groups excluding carboxylic acids is 1. The number of aliphatic carboxylic acids is 1. The highest BCUT2D eigenvalue weighted by atomic mass is 19.4. The van der Waals surface area contributed by atoms with Crippen LogP contribution >= 0.6 is 0 Å². The first-order chi connectivity index (χ1) is 13.2. The number of anilines is 1. The molecule has 2 heterocycles. The van der Waals surface area contributed by atoms with Gasteiger partial charge in [0.2, 0.25) is 0 Å². The number of rotatable bonds is 2. The Hall–Kier alpha value is -3.04. The Balaban J connectivity index is 0.000000345. The molecule has 1 saturated heterocycles. The zero-order chi connectivity index (χ0) is 20.7. The van der Waals surface area contributed by atoms with Crippen molar-refractivity contribution in [2.24, 2.45) is 0 Å². The Morgan fingerprint density at radius 2 is 1.82 bits per heavy atom. The number of carboxylic acid groups (broad SMARTS) is 1. The number of aromatic amines is 1. The van der Waals surface area contributed by atoms with Gasteiger partial charge in [-0.05, 0) is 25.0 Å². The summed E-state index contributed by atoms with van der Waals surface area (Å²) in [6.45, 7) is 5.54. The molecule has 3 rings (SSSR count). The largest absolute Gasteiger partial charge is 0.490 e. The van der Waals surface area contributed by atoms with Gasteiger partial charge in [-0.15, -0.1) is 0 Å². The van der Waals surface area contributed by atoms with Gasteiger partial charge in [0.15, 0.2) is 0 Å². The molecule has 1 aromatic carbocycles. The first-order valence-electron chi connectivity index (χ1n) is 8.59. The van der Waals surface area contributed by atoms with Crippen LogP contribution in [-0.4, -0.2) is 64.4 Å². The van der Waals surface area contributed by atoms with E-state index in [4.69, 9.17) is 9.90 Å². The van der Waals surface area contributed by atoms with Gasteiger partial charge in [0.1, 0.15) is 0 Å². The summed E-state index contributed by atoms with van der Waals surface area (Å²) >= 11 is 0. The molecule has 0 atom stereocenters. The summed E-state index contributed by atoms with van der Waals surface area (Å²) in [6, 6.07) is 8.42. The molecule has 0 radical (unpaired) electrons. The van der Waals surface area contributed by atoms with E-state index >= 15 is 0 Å². The van der Waals surface area contributed by atoms with Crippen LogP contribution in [0, 0.1) is 6.92 Å². The standard InChI is InChI=1S/C16H20N4O.C2HF3O2/c1-13-5-2-3-6-15(13)19-7-4-8-20(10-9-19)16(21)14-11-17-18-12-14;3-2(4,5)1(6)7/h2-3,5-6,11-12H,4,7-10H2,1H3,(H,17,18);(H,6,7). The molecule has 0 saturated carbocycles. The second kappa shape index (κ2) is 9.25. The number of hydrogen-bond donors (Lipinski definition) is 2. The molecule has 1 amide bonds. The number of aryl methyl sites for hydroxylation is 1. The summed E-state index contributed by atoms with van der Waals surface area (Å²) in [5.74, 6) is -2.69. The predicted molar refractivity (Wildman–Crippen MR) is 96.2 cm³/mol. The lowest BCUT2D eigenvalue weighted by molar-refractivity contribution is -0.192. The number of nitrogens with zero attached hydrogens (tertiary/aromatic N) is 3. The van der Waals surface area contributed by atoms with Crippen molar-refractivity contribution in [3.63, 3.8) is 0 Å². The average molecular weight is 398 g/mol. The Morgan fingerprint density at radius 3 is 2.39 bits per heavy atom. The SMILES string of the molecule is Cc1ccccc1N1CCCN(C(=O)c2cn[nH]c2)CC1.O=C(O)C(F)(F)F. The number of hydrogen-bond acceptors (Lipinski definition) is 4. The van der Waals surface area contributed by atoms with Crippen LogP contribution in [0.1, 0.15) is 22.3 Å². The molecule has 1 aromatic heterocycles. The zero-order valence-electron chi connectivity index (χ0n) is 15.2. The van der Waals surface area contributed by atoms with Crippen molar-refractivity contribution in [3.8, 4) is 0 Å². The second-order valence-electron chi connectivity index (χ2n) is 6.21. The van der Waals surface area contributed by atoms with Gasteiger partial charge in [-0.25, -0.2) is 4.79 Å². The highest BCUT2D eigenvalue weighted by Gasteiger charge is 2.38. The quantitative estimate of drug-likeness (QED) is 0.812. The minimum atomic E-state index is -5.08. The lowest BCUT2D eigenvalue weighted by Crippen LogP contribution is -2.35. The number of halogens is 3. The van der Waals surface area contributed by atoms with Crippen LogP contribution in [-0.2, 0) is 4.79 Å². The highest BCUT2D eigenvalue weighted by molar-refractivity contribution is 5.93. The Morgan fingerprint density at radius 1 is 1.14 bits per heavy atom. The van der Waals surface area contributed by atoms with Gasteiger partial charge in [-0.3, -0.25) is 9.89 Å². The minimum Gasteiger partial charge on any atom is -0.475 e.